The normalized spacial score (nSPS) is 24.0. The summed E-state index contributed by atoms with van der Waals surface area (Å²) in [4.78, 5) is 0. The van der Waals surface area contributed by atoms with E-state index in [4.69, 9.17) is 0 Å². The third-order valence-electron chi connectivity index (χ3n) is 3.30. The topological polar surface area (TPSA) is 61.8 Å². The summed E-state index contributed by atoms with van der Waals surface area (Å²) >= 11 is 0. The van der Waals surface area contributed by atoms with E-state index in [0.29, 0.717) is 0 Å². The summed E-state index contributed by atoms with van der Waals surface area (Å²) in [6.45, 7) is 0. The van der Waals surface area contributed by atoms with Gasteiger partial charge in [-0.1, -0.05) is 12.2 Å². The van der Waals surface area contributed by atoms with E-state index in [0.717, 1.165) is 30.9 Å². The molecule has 0 spiro atoms. The van der Waals surface area contributed by atoms with Crippen LogP contribution in [0.5, 0.6) is 0 Å². The van der Waals surface area contributed by atoms with Crippen LogP contribution in [0.25, 0.3) is 0 Å². The minimum atomic E-state index is 0. The first-order chi connectivity index (χ1) is 8.95. The summed E-state index contributed by atoms with van der Waals surface area (Å²) in [5.74, 6) is 0.767. The first kappa shape index (κ1) is 15.9. The monoisotopic (exact) mass is 300 g/mol. The first-order valence-electron chi connectivity index (χ1n) is 6.62. The number of rotatable bonds is 0. The van der Waals surface area contributed by atoms with Crippen LogP contribution in [0.2, 0.25) is 0 Å². The van der Waals surface area contributed by atoms with Crippen molar-refractivity contribution in [3.63, 3.8) is 0 Å². The van der Waals surface area contributed by atoms with Crippen molar-refractivity contribution in [2.24, 2.45) is 31.8 Å². The Balaban J connectivity index is 0.00000180. The zero-order valence-corrected chi connectivity index (χ0v) is 12.1. The molecule has 2 aliphatic rings. The van der Waals surface area contributed by atoms with Crippen LogP contribution in [0.1, 0.15) is 44.9 Å². The molecule has 0 saturated heterocycles. The van der Waals surface area contributed by atoms with E-state index in [2.05, 4.69) is 32.0 Å². The van der Waals surface area contributed by atoms with Crippen LogP contribution < -0.4 is 0 Å². The molecule has 0 amide bonds. The maximum absolute atomic E-state index is 4.14. The maximum Gasteiger partial charge on any atom is 0.0514 e. The van der Waals surface area contributed by atoms with E-state index in [1.807, 2.05) is 12.2 Å². The Hall–Kier alpha value is -1.13. The zero-order chi connectivity index (χ0) is 12.5. The molecule has 1 aliphatic carbocycles. The van der Waals surface area contributed by atoms with Gasteiger partial charge in [0.1, 0.15) is 0 Å². The molecule has 6 heteroatoms. The minimum absolute atomic E-state index is 0. The van der Waals surface area contributed by atoms with Crippen LogP contribution in [0.4, 0.5) is 0 Å². The van der Waals surface area contributed by atoms with Crippen molar-refractivity contribution < 1.29 is 17.1 Å². The Morgan fingerprint density at radius 3 is 2.84 bits per heavy atom. The first-order valence-corrected chi connectivity index (χ1v) is 6.62. The van der Waals surface area contributed by atoms with Gasteiger partial charge >= 0.3 is 0 Å². The predicted molar refractivity (Wildman–Crippen MR) is 71.2 cm³/mol. The van der Waals surface area contributed by atoms with Crippen molar-refractivity contribution >= 4 is 5.71 Å². The van der Waals surface area contributed by atoms with Gasteiger partial charge in [0.25, 0.3) is 0 Å². The summed E-state index contributed by atoms with van der Waals surface area (Å²) in [6.07, 6.45) is 15.9. The summed E-state index contributed by atoms with van der Waals surface area (Å²) in [6, 6.07) is 0. The fourth-order valence-electron chi connectivity index (χ4n) is 2.41. The van der Waals surface area contributed by atoms with Crippen LogP contribution in [0, 0.1) is 5.92 Å². The Kier molecular flexibility index (Phi) is 8.18. The second-order valence-corrected chi connectivity index (χ2v) is 4.71. The smallest absolute Gasteiger partial charge is 0.0514 e. The molecule has 2 rings (SSSR count). The van der Waals surface area contributed by atoms with Crippen molar-refractivity contribution in [2.75, 3.05) is 0 Å². The molecule has 19 heavy (non-hydrogen) atoms. The van der Waals surface area contributed by atoms with Crippen molar-refractivity contribution in [2.45, 2.75) is 44.9 Å². The zero-order valence-electron chi connectivity index (χ0n) is 11.0. The van der Waals surface area contributed by atoms with Gasteiger partial charge in [0.05, 0.1) is 6.20 Å². The quantitative estimate of drug-likeness (QED) is 0.587. The summed E-state index contributed by atoms with van der Waals surface area (Å²) in [7, 11) is 0. The molecule has 5 nitrogen and oxygen atoms in total. The summed E-state index contributed by atoms with van der Waals surface area (Å²) in [5, 5.41) is 18.7. The van der Waals surface area contributed by atoms with Gasteiger partial charge in [0.15, 0.2) is 0 Å². The number of hydrogen-bond donors (Lipinski definition) is 0. The largest absolute Gasteiger partial charge is 0.138 e. The van der Waals surface area contributed by atoms with Crippen LogP contribution in [-0.2, 0) is 17.1 Å². The van der Waals surface area contributed by atoms with Gasteiger partial charge in [-0.15, -0.1) is 10.2 Å². The fraction of sp³-hybridized carbons (Fsp3) is 0.615. The van der Waals surface area contributed by atoms with Gasteiger partial charge in [-0.3, -0.25) is 0 Å². The molecule has 2 bridgehead atoms. The average Bonchev–Trinajstić information content (AvgIpc) is 2.40. The summed E-state index contributed by atoms with van der Waals surface area (Å²) in [5.41, 5.74) is 1.16. The van der Waals surface area contributed by atoms with E-state index in [1.165, 1.54) is 25.7 Å². The van der Waals surface area contributed by atoms with Crippen LogP contribution in [-0.4, -0.2) is 5.71 Å². The average molecular weight is 300 g/mol. The van der Waals surface area contributed by atoms with Crippen molar-refractivity contribution in [1.82, 2.24) is 0 Å². The number of fused-ring (bicyclic) bond motifs is 2. The molecule has 103 valence electrons. The van der Waals surface area contributed by atoms with Crippen LogP contribution >= 0.6 is 0 Å². The predicted octanol–water partition coefficient (Wildman–Crippen LogP) is 4.60. The molecule has 0 aromatic heterocycles. The molecule has 1 unspecified atom stereocenters. The van der Waals surface area contributed by atoms with Gasteiger partial charge in [0, 0.05) is 22.8 Å². The molecule has 1 aliphatic heterocycles. The number of nitrogens with zero attached hydrogens (tertiary/aromatic N) is 5. The van der Waals surface area contributed by atoms with Crippen molar-refractivity contribution in [3.05, 3.63) is 24.4 Å². The second-order valence-electron chi connectivity index (χ2n) is 4.71. The molecule has 0 aromatic rings. The molecule has 1 fully saturated rings. The fourth-order valence-corrected chi connectivity index (χ4v) is 2.41. The number of hydrogen-bond acceptors (Lipinski definition) is 5. The van der Waals surface area contributed by atoms with E-state index < -0.39 is 0 Å². The molecule has 0 N–H and O–H groups in total. The third kappa shape index (κ3) is 6.55. The van der Waals surface area contributed by atoms with Gasteiger partial charge in [-0.05, 0) is 72.6 Å². The Bertz CT molecular complexity index is 398. The standard InChI is InChI=1S/C13H19N5.Mn/c1-2-4-7-12-8-6-9-13(11-12)15-17-18-16-14-10-5-3-1;/h1,3,5,10,12H,2,4,6-9,11H2;. The summed E-state index contributed by atoms with van der Waals surface area (Å²) < 4.78 is 0. The molecular weight excluding hydrogens is 281 g/mol. The third-order valence-corrected chi connectivity index (χ3v) is 3.30. The van der Waals surface area contributed by atoms with Crippen LogP contribution in [0.15, 0.2) is 50.3 Å². The molecule has 1 heterocycles. The van der Waals surface area contributed by atoms with Gasteiger partial charge < -0.3 is 0 Å². The van der Waals surface area contributed by atoms with E-state index >= 15 is 0 Å². The van der Waals surface area contributed by atoms with E-state index in [9.17, 15) is 0 Å². The molecule has 1 radical (unpaired) electrons. The number of allylic oxidation sites excluding steroid dienone is 3. The van der Waals surface area contributed by atoms with Gasteiger partial charge in [0.2, 0.25) is 0 Å². The molecule has 0 aromatic carbocycles. The van der Waals surface area contributed by atoms with E-state index in [1.54, 1.807) is 6.20 Å². The molecular formula is C13H19MnN5. The molecule has 1 atom stereocenters. The van der Waals surface area contributed by atoms with E-state index in [-0.39, 0.29) is 17.1 Å². The van der Waals surface area contributed by atoms with Crippen LogP contribution in [0.3, 0.4) is 0 Å². The van der Waals surface area contributed by atoms with Crippen molar-refractivity contribution in [3.8, 4) is 0 Å². The molecule has 1 saturated carbocycles. The Labute approximate surface area is 124 Å². The minimum Gasteiger partial charge on any atom is -0.138 e. The van der Waals surface area contributed by atoms with Gasteiger partial charge in [-0.25, -0.2) is 0 Å². The van der Waals surface area contributed by atoms with Gasteiger partial charge in [-0.2, -0.15) is 0 Å². The maximum atomic E-state index is 4.14. The second kappa shape index (κ2) is 9.75. The SMILES string of the molecule is C1=CCCCC2CCCC(=NN=NN=NC=C1)C2.[Mn]. The Morgan fingerprint density at radius 1 is 1.00 bits per heavy atom. The Morgan fingerprint density at radius 2 is 1.89 bits per heavy atom. The van der Waals surface area contributed by atoms with Crippen molar-refractivity contribution in [1.29, 1.82) is 0 Å².